The fourth-order valence-corrected chi connectivity index (χ4v) is 1.87. The Morgan fingerprint density at radius 2 is 1.89 bits per heavy atom. The largest absolute Gasteiger partial charge is 0.492 e. The minimum atomic E-state index is -4.47. The van der Waals surface area contributed by atoms with E-state index >= 15 is 0 Å². The van der Waals surface area contributed by atoms with E-state index in [0.717, 1.165) is 12.8 Å². The molecule has 0 heterocycles. The molecular formula is C12H20NO5P. The number of hydrogen-bond acceptors (Lipinski definition) is 4. The van der Waals surface area contributed by atoms with Crippen LogP contribution in [0.15, 0.2) is 24.3 Å². The van der Waals surface area contributed by atoms with Crippen LogP contribution in [-0.2, 0) is 15.5 Å². The number of rotatable bonds is 8. The topological polar surface area (TPSA) is 102 Å². The summed E-state index contributed by atoms with van der Waals surface area (Å²) in [6.45, 7) is 2.00. The van der Waals surface area contributed by atoms with Crippen LogP contribution >= 0.6 is 7.82 Å². The highest BCUT2D eigenvalue weighted by atomic mass is 31.2. The smallest absolute Gasteiger partial charge is 0.469 e. The third kappa shape index (κ3) is 7.30. The lowest BCUT2D eigenvalue weighted by Crippen LogP contribution is -2.32. The number of phosphoric acid groups is 1. The van der Waals surface area contributed by atoms with Gasteiger partial charge in [-0.2, -0.15) is 0 Å². The molecule has 108 valence electrons. The molecule has 0 aliphatic carbocycles. The molecule has 1 atom stereocenters. The van der Waals surface area contributed by atoms with Crippen molar-refractivity contribution in [1.82, 2.24) is 0 Å². The Kier molecular flexibility index (Phi) is 6.48. The first kappa shape index (κ1) is 16.1. The summed E-state index contributed by atoms with van der Waals surface area (Å²) >= 11 is 0. The van der Waals surface area contributed by atoms with Crippen molar-refractivity contribution in [1.29, 1.82) is 0 Å². The molecule has 7 heteroatoms. The van der Waals surface area contributed by atoms with Gasteiger partial charge in [-0.05, 0) is 24.1 Å². The quantitative estimate of drug-likeness (QED) is 0.626. The highest BCUT2D eigenvalue weighted by molar-refractivity contribution is 7.46. The van der Waals surface area contributed by atoms with Crippen LogP contribution < -0.4 is 10.5 Å². The van der Waals surface area contributed by atoms with Crippen LogP contribution in [0.5, 0.6) is 5.75 Å². The Labute approximate surface area is 112 Å². The molecule has 1 aromatic carbocycles. The maximum absolute atomic E-state index is 10.5. The first-order chi connectivity index (χ1) is 8.90. The average Bonchev–Trinajstić information content (AvgIpc) is 2.35. The molecule has 0 saturated carbocycles. The van der Waals surface area contributed by atoms with Gasteiger partial charge in [-0.1, -0.05) is 25.5 Å². The Morgan fingerprint density at radius 1 is 1.26 bits per heavy atom. The molecule has 0 saturated heterocycles. The summed E-state index contributed by atoms with van der Waals surface area (Å²) < 4.78 is 20.2. The zero-order chi connectivity index (χ0) is 14.3. The van der Waals surface area contributed by atoms with E-state index in [9.17, 15) is 4.57 Å². The van der Waals surface area contributed by atoms with E-state index < -0.39 is 13.9 Å². The third-order valence-corrected chi connectivity index (χ3v) is 2.87. The van der Waals surface area contributed by atoms with Crippen molar-refractivity contribution in [3.8, 4) is 5.75 Å². The fourth-order valence-electron chi connectivity index (χ4n) is 1.49. The number of nitrogens with two attached hydrogens (primary N) is 1. The molecule has 0 bridgehead atoms. The number of benzene rings is 1. The van der Waals surface area contributed by atoms with Gasteiger partial charge < -0.3 is 20.3 Å². The minimum Gasteiger partial charge on any atom is -0.492 e. The van der Waals surface area contributed by atoms with Gasteiger partial charge in [0.25, 0.3) is 0 Å². The van der Waals surface area contributed by atoms with Crippen molar-refractivity contribution >= 4 is 7.82 Å². The number of hydrogen-bond donors (Lipinski definition) is 3. The summed E-state index contributed by atoms with van der Waals surface area (Å²) in [6.07, 6.45) is 2.11. The number of phosphoric ester groups is 1. The van der Waals surface area contributed by atoms with Crippen LogP contribution in [0.25, 0.3) is 0 Å². The van der Waals surface area contributed by atoms with Crippen LogP contribution in [0.3, 0.4) is 0 Å². The van der Waals surface area contributed by atoms with E-state index in [1.165, 1.54) is 5.56 Å². The van der Waals surface area contributed by atoms with Crippen LogP contribution in [0, 0.1) is 0 Å². The Hall–Kier alpha value is -0.910. The highest BCUT2D eigenvalue weighted by Gasteiger charge is 2.16. The second kappa shape index (κ2) is 7.62. The standard InChI is InChI=1S/C12H20NO5P/c1-2-3-10-4-6-12(7-5-10)17-8-11(13)9-18-19(14,15)16/h4-7,11H,2-3,8-9,13H2,1H3,(H2,14,15,16)/t11-/m1/s1. The predicted molar refractivity (Wildman–Crippen MR) is 71.9 cm³/mol. The van der Waals surface area contributed by atoms with Crippen LogP contribution in [0.2, 0.25) is 0 Å². The van der Waals surface area contributed by atoms with Gasteiger partial charge in [-0.15, -0.1) is 0 Å². The molecule has 19 heavy (non-hydrogen) atoms. The van der Waals surface area contributed by atoms with Crippen molar-refractivity contribution in [3.63, 3.8) is 0 Å². The van der Waals surface area contributed by atoms with Gasteiger partial charge >= 0.3 is 7.82 Å². The fraction of sp³-hybridized carbons (Fsp3) is 0.500. The summed E-state index contributed by atoms with van der Waals surface area (Å²) in [7, 11) is -4.47. The Bertz CT molecular complexity index is 417. The van der Waals surface area contributed by atoms with Gasteiger partial charge in [0.15, 0.2) is 0 Å². The minimum absolute atomic E-state index is 0.132. The molecule has 6 nitrogen and oxygen atoms in total. The van der Waals surface area contributed by atoms with Crippen molar-refractivity contribution in [3.05, 3.63) is 29.8 Å². The first-order valence-electron chi connectivity index (χ1n) is 6.08. The van der Waals surface area contributed by atoms with Crippen LogP contribution in [-0.4, -0.2) is 29.0 Å². The predicted octanol–water partition coefficient (Wildman–Crippen LogP) is 1.45. The van der Waals surface area contributed by atoms with Crippen molar-refractivity contribution in [2.24, 2.45) is 5.73 Å². The van der Waals surface area contributed by atoms with E-state index in [4.69, 9.17) is 20.3 Å². The van der Waals surface area contributed by atoms with E-state index in [1.807, 2.05) is 24.3 Å². The van der Waals surface area contributed by atoms with E-state index in [2.05, 4.69) is 11.4 Å². The average molecular weight is 289 g/mol. The van der Waals surface area contributed by atoms with Gasteiger partial charge in [0.2, 0.25) is 0 Å². The summed E-state index contributed by atoms with van der Waals surface area (Å²) in [5.74, 6) is 0.673. The highest BCUT2D eigenvalue weighted by Crippen LogP contribution is 2.35. The normalized spacial score (nSPS) is 13.3. The second-order valence-corrected chi connectivity index (χ2v) is 5.49. The van der Waals surface area contributed by atoms with Gasteiger partial charge in [-0.3, -0.25) is 4.52 Å². The molecule has 0 fully saturated rings. The Balaban J connectivity index is 2.33. The van der Waals surface area contributed by atoms with Crippen LogP contribution in [0.1, 0.15) is 18.9 Å². The summed E-state index contributed by atoms with van der Waals surface area (Å²) in [5, 5.41) is 0. The SMILES string of the molecule is CCCc1ccc(OC[C@@H](N)COP(=O)(O)O)cc1. The van der Waals surface area contributed by atoms with Crippen molar-refractivity contribution in [2.45, 2.75) is 25.8 Å². The lowest BCUT2D eigenvalue weighted by atomic mass is 10.1. The summed E-state index contributed by atoms with van der Waals surface area (Å²) in [5.41, 5.74) is 6.85. The van der Waals surface area contributed by atoms with Gasteiger partial charge in [0.1, 0.15) is 12.4 Å². The molecular weight excluding hydrogens is 269 g/mol. The zero-order valence-corrected chi connectivity index (χ0v) is 11.8. The third-order valence-electron chi connectivity index (χ3n) is 2.38. The monoisotopic (exact) mass is 289 g/mol. The summed E-state index contributed by atoms with van der Waals surface area (Å²) in [4.78, 5) is 17.1. The Morgan fingerprint density at radius 3 is 2.42 bits per heavy atom. The molecule has 0 aliphatic heterocycles. The van der Waals surface area contributed by atoms with E-state index in [0.29, 0.717) is 5.75 Å². The van der Waals surface area contributed by atoms with Gasteiger partial charge in [-0.25, -0.2) is 4.57 Å². The van der Waals surface area contributed by atoms with Gasteiger partial charge in [0.05, 0.1) is 12.6 Å². The lowest BCUT2D eigenvalue weighted by Gasteiger charge is -2.14. The zero-order valence-electron chi connectivity index (χ0n) is 10.9. The molecule has 4 N–H and O–H groups in total. The molecule has 0 spiro atoms. The molecule has 1 aromatic rings. The number of aryl methyl sites for hydroxylation is 1. The first-order valence-corrected chi connectivity index (χ1v) is 7.61. The van der Waals surface area contributed by atoms with Gasteiger partial charge in [0, 0.05) is 0 Å². The van der Waals surface area contributed by atoms with Crippen molar-refractivity contribution < 1.29 is 23.6 Å². The summed E-state index contributed by atoms with van der Waals surface area (Å²) in [6, 6.07) is 7.07. The molecule has 0 radical (unpaired) electrons. The van der Waals surface area contributed by atoms with Crippen molar-refractivity contribution in [2.75, 3.05) is 13.2 Å². The molecule has 0 aliphatic rings. The molecule has 0 amide bonds. The lowest BCUT2D eigenvalue weighted by molar-refractivity contribution is 0.166. The molecule has 0 unspecified atom stereocenters. The molecule has 0 aromatic heterocycles. The second-order valence-electron chi connectivity index (χ2n) is 4.25. The number of ether oxygens (including phenoxy) is 1. The maximum atomic E-state index is 10.5. The van der Waals surface area contributed by atoms with Crippen LogP contribution in [0.4, 0.5) is 0 Å². The maximum Gasteiger partial charge on any atom is 0.469 e. The van der Waals surface area contributed by atoms with E-state index in [-0.39, 0.29) is 13.2 Å². The molecule has 1 rings (SSSR count). The van der Waals surface area contributed by atoms with E-state index in [1.54, 1.807) is 0 Å².